The molecule has 33 heavy (non-hydrogen) atoms. The zero-order chi connectivity index (χ0) is 24.3. The molecule has 0 aliphatic carbocycles. The second-order valence-corrected chi connectivity index (χ2v) is 9.00. The molecule has 0 aliphatic heterocycles. The molecule has 3 aromatic rings. The number of anilines is 1. The number of Topliss-reactive ketones (excluding diaryl/α,β-unsaturated/α-hetero) is 1. The second-order valence-electron chi connectivity index (χ2n) is 9.00. The van der Waals surface area contributed by atoms with Crippen LogP contribution in [0.2, 0.25) is 0 Å². The Bertz CT molecular complexity index is 1200. The molecule has 0 bridgehead atoms. The van der Waals surface area contributed by atoms with Crippen molar-refractivity contribution in [3.05, 3.63) is 70.8 Å². The Morgan fingerprint density at radius 2 is 1.67 bits per heavy atom. The van der Waals surface area contributed by atoms with Crippen molar-refractivity contribution in [2.75, 3.05) is 5.73 Å². The van der Waals surface area contributed by atoms with Crippen LogP contribution in [-0.2, 0) is 17.9 Å². The summed E-state index contributed by atoms with van der Waals surface area (Å²) in [6.45, 7) is 7.59. The third-order valence-electron chi connectivity index (χ3n) is 5.44. The molecule has 172 valence electrons. The number of nitrogens with zero attached hydrogens (tertiary/aromatic N) is 2. The number of carbonyl (C=O) groups is 3. The van der Waals surface area contributed by atoms with E-state index in [2.05, 4.69) is 10.4 Å². The van der Waals surface area contributed by atoms with Crippen molar-refractivity contribution in [1.82, 2.24) is 15.1 Å². The fourth-order valence-electron chi connectivity index (χ4n) is 3.30. The Kier molecular flexibility index (Phi) is 6.67. The number of nitrogen functional groups attached to an aromatic ring is 1. The summed E-state index contributed by atoms with van der Waals surface area (Å²) in [5, 5.41) is 7.31. The van der Waals surface area contributed by atoms with E-state index in [1.807, 2.05) is 58.0 Å². The Hall–Kier alpha value is -3.94. The van der Waals surface area contributed by atoms with E-state index in [1.54, 1.807) is 18.2 Å². The van der Waals surface area contributed by atoms with Gasteiger partial charge in [-0.2, -0.15) is 5.10 Å². The van der Waals surface area contributed by atoms with Gasteiger partial charge in [0.15, 0.2) is 5.78 Å². The molecule has 0 aliphatic rings. The maximum atomic E-state index is 12.4. The number of nitrogens with one attached hydrogen (secondary N) is 1. The first-order valence-electron chi connectivity index (χ1n) is 10.6. The summed E-state index contributed by atoms with van der Waals surface area (Å²) in [7, 11) is 0. The summed E-state index contributed by atoms with van der Waals surface area (Å²) in [6.07, 6.45) is 0. The third-order valence-corrected chi connectivity index (χ3v) is 5.44. The lowest BCUT2D eigenvalue weighted by Gasteiger charge is -2.16. The lowest BCUT2D eigenvalue weighted by Crippen LogP contribution is -2.26. The Morgan fingerprint density at radius 1 is 1.03 bits per heavy atom. The summed E-state index contributed by atoms with van der Waals surface area (Å²) in [6, 6.07) is 14.6. The SMILES string of the molecule is Cc1ccccc1C(=O)NCc1ccc(-c2nn(CC(=O)C(C)(C)C)c(N)c2C(N)=O)cc1. The molecule has 0 radical (unpaired) electrons. The van der Waals surface area contributed by atoms with Crippen LogP contribution in [0, 0.1) is 12.3 Å². The molecule has 0 unspecified atom stereocenters. The molecule has 1 aromatic heterocycles. The van der Waals surface area contributed by atoms with Crippen molar-refractivity contribution >= 4 is 23.4 Å². The molecule has 0 atom stereocenters. The number of amides is 2. The van der Waals surface area contributed by atoms with Gasteiger partial charge >= 0.3 is 0 Å². The van der Waals surface area contributed by atoms with Gasteiger partial charge in [0.25, 0.3) is 11.8 Å². The number of hydrogen-bond acceptors (Lipinski definition) is 5. The summed E-state index contributed by atoms with van der Waals surface area (Å²) in [4.78, 5) is 36.9. The number of aromatic nitrogens is 2. The van der Waals surface area contributed by atoms with Crippen LogP contribution < -0.4 is 16.8 Å². The maximum Gasteiger partial charge on any atom is 0.254 e. The highest BCUT2D eigenvalue weighted by atomic mass is 16.2. The highest BCUT2D eigenvalue weighted by Crippen LogP contribution is 2.28. The molecule has 2 amide bonds. The zero-order valence-corrected chi connectivity index (χ0v) is 19.3. The molecule has 8 nitrogen and oxygen atoms in total. The predicted molar refractivity (Wildman–Crippen MR) is 127 cm³/mol. The van der Waals surface area contributed by atoms with Crippen molar-refractivity contribution in [2.24, 2.45) is 11.1 Å². The number of aryl methyl sites for hydroxylation is 1. The molecule has 3 rings (SSSR count). The molecule has 0 fully saturated rings. The van der Waals surface area contributed by atoms with E-state index < -0.39 is 11.3 Å². The first kappa shape index (κ1) is 23.7. The lowest BCUT2D eigenvalue weighted by atomic mass is 9.91. The van der Waals surface area contributed by atoms with Gasteiger partial charge in [-0.05, 0) is 24.1 Å². The topological polar surface area (TPSA) is 133 Å². The van der Waals surface area contributed by atoms with Gasteiger partial charge < -0.3 is 16.8 Å². The van der Waals surface area contributed by atoms with Gasteiger partial charge in [0, 0.05) is 23.1 Å². The highest BCUT2D eigenvalue weighted by molar-refractivity contribution is 6.03. The van der Waals surface area contributed by atoms with Crippen molar-refractivity contribution in [1.29, 1.82) is 0 Å². The van der Waals surface area contributed by atoms with E-state index in [4.69, 9.17) is 11.5 Å². The molecule has 0 saturated heterocycles. The molecule has 8 heteroatoms. The van der Waals surface area contributed by atoms with E-state index in [-0.39, 0.29) is 29.6 Å². The van der Waals surface area contributed by atoms with Gasteiger partial charge in [0.2, 0.25) is 0 Å². The van der Waals surface area contributed by atoms with Crippen LogP contribution in [0.3, 0.4) is 0 Å². The first-order valence-corrected chi connectivity index (χ1v) is 10.6. The Balaban J connectivity index is 1.80. The third kappa shape index (κ3) is 5.28. The zero-order valence-electron chi connectivity index (χ0n) is 19.3. The largest absolute Gasteiger partial charge is 0.383 e. The number of benzene rings is 2. The van der Waals surface area contributed by atoms with Crippen LogP contribution in [0.1, 0.15) is 52.6 Å². The standard InChI is InChI=1S/C25H29N5O3/c1-15-7-5-6-8-18(15)24(33)28-13-16-9-11-17(12-10-16)21-20(23(27)32)22(26)30(29-21)14-19(31)25(2,3)4/h5-12H,13-14,26H2,1-4H3,(H2,27,32)(H,28,33). The monoisotopic (exact) mass is 447 g/mol. The van der Waals surface area contributed by atoms with Crippen molar-refractivity contribution in [3.8, 4) is 11.3 Å². The van der Waals surface area contributed by atoms with E-state index in [0.29, 0.717) is 23.4 Å². The smallest absolute Gasteiger partial charge is 0.254 e. The van der Waals surface area contributed by atoms with Crippen LogP contribution in [0.25, 0.3) is 11.3 Å². The average Bonchev–Trinajstić information content (AvgIpc) is 3.08. The minimum atomic E-state index is -0.716. The lowest BCUT2D eigenvalue weighted by molar-refractivity contribution is -0.127. The van der Waals surface area contributed by atoms with Gasteiger partial charge in [-0.1, -0.05) is 63.2 Å². The van der Waals surface area contributed by atoms with Crippen molar-refractivity contribution in [3.63, 3.8) is 0 Å². The number of nitrogens with two attached hydrogens (primary N) is 2. The molecule has 1 heterocycles. The Labute approximate surface area is 193 Å². The minimum absolute atomic E-state index is 0.0569. The fourth-order valence-corrected chi connectivity index (χ4v) is 3.30. The minimum Gasteiger partial charge on any atom is -0.383 e. The maximum absolute atomic E-state index is 12.4. The van der Waals surface area contributed by atoms with Gasteiger partial charge in [0.05, 0.1) is 0 Å². The molecular formula is C25H29N5O3. The number of primary amides is 1. The number of hydrogen-bond donors (Lipinski definition) is 3. The van der Waals surface area contributed by atoms with E-state index in [9.17, 15) is 14.4 Å². The summed E-state index contributed by atoms with van der Waals surface area (Å²) < 4.78 is 1.32. The summed E-state index contributed by atoms with van der Waals surface area (Å²) >= 11 is 0. The summed E-state index contributed by atoms with van der Waals surface area (Å²) in [5.74, 6) is -0.876. The van der Waals surface area contributed by atoms with E-state index >= 15 is 0 Å². The van der Waals surface area contributed by atoms with Crippen molar-refractivity contribution in [2.45, 2.75) is 40.8 Å². The Morgan fingerprint density at radius 3 is 2.24 bits per heavy atom. The van der Waals surface area contributed by atoms with Gasteiger partial charge in [0.1, 0.15) is 23.6 Å². The van der Waals surface area contributed by atoms with Gasteiger partial charge in [-0.3, -0.25) is 14.4 Å². The van der Waals surface area contributed by atoms with Crippen LogP contribution in [0.15, 0.2) is 48.5 Å². The second kappa shape index (κ2) is 9.28. The number of carbonyl (C=O) groups excluding carboxylic acids is 3. The van der Waals surface area contributed by atoms with Gasteiger partial charge in [-0.15, -0.1) is 0 Å². The van der Waals surface area contributed by atoms with Crippen LogP contribution in [0.4, 0.5) is 5.82 Å². The number of rotatable bonds is 7. The van der Waals surface area contributed by atoms with Gasteiger partial charge in [-0.25, -0.2) is 4.68 Å². The van der Waals surface area contributed by atoms with Crippen LogP contribution >= 0.6 is 0 Å². The average molecular weight is 448 g/mol. The van der Waals surface area contributed by atoms with Crippen LogP contribution in [-0.4, -0.2) is 27.4 Å². The van der Waals surface area contributed by atoms with Crippen molar-refractivity contribution < 1.29 is 14.4 Å². The quantitative estimate of drug-likeness (QED) is 0.512. The molecule has 2 aromatic carbocycles. The van der Waals surface area contributed by atoms with Crippen LogP contribution in [0.5, 0.6) is 0 Å². The fraction of sp³-hybridized carbons (Fsp3) is 0.280. The number of ketones is 1. The summed E-state index contributed by atoms with van der Waals surface area (Å²) in [5.41, 5.74) is 14.5. The molecule has 5 N–H and O–H groups in total. The van der Waals surface area contributed by atoms with E-state index in [0.717, 1.165) is 11.1 Å². The normalized spacial score (nSPS) is 11.3. The van der Waals surface area contributed by atoms with E-state index in [1.165, 1.54) is 4.68 Å². The predicted octanol–water partition coefficient (Wildman–Crippen LogP) is 3.08. The molecule has 0 spiro atoms. The molecular weight excluding hydrogens is 418 g/mol. The highest BCUT2D eigenvalue weighted by Gasteiger charge is 2.26. The first-order chi connectivity index (χ1) is 15.5. The molecule has 0 saturated carbocycles.